The second-order valence-electron chi connectivity index (χ2n) is 7.66. The SMILES string of the molecule is CC(C)c1nn(C(C)C)c2c1C(c1ccc(-n3ccnn3)cc1)C(C#N)=C(N)O2. The van der Waals surface area contributed by atoms with Gasteiger partial charge in [0.15, 0.2) is 0 Å². The quantitative estimate of drug-likeness (QED) is 0.733. The Morgan fingerprint density at radius 2 is 1.90 bits per heavy atom. The molecule has 0 radical (unpaired) electrons. The van der Waals surface area contributed by atoms with Gasteiger partial charge in [0.05, 0.1) is 41.3 Å². The van der Waals surface area contributed by atoms with Gasteiger partial charge in [0, 0.05) is 0 Å². The molecule has 8 nitrogen and oxygen atoms in total. The fourth-order valence-corrected chi connectivity index (χ4v) is 3.66. The summed E-state index contributed by atoms with van der Waals surface area (Å²) in [5.74, 6) is 0.579. The Bertz CT molecular complexity index is 1100. The minimum absolute atomic E-state index is 0.100. The third kappa shape index (κ3) is 3.05. The van der Waals surface area contributed by atoms with E-state index < -0.39 is 0 Å². The molecule has 1 aromatic carbocycles. The number of ether oxygens (including phenoxy) is 1. The molecular formula is C21H23N7O. The molecule has 1 aliphatic heterocycles. The van der Waals surface area contributed by atoms with E-state index in [4.69, 9.17) is 15.6 Å². The summed E-state index contributed by atoms with van der Waals surface area (Å²) < 4.78 is 9.44. The van der Waals surface area contributed by atoms with E-state index in [-0.39, 0.29) is 23.8 Å². The molecule has 0 saturated carbocycles. The molecule has 1 aliphatic rings. The van der Waals surface area contributed by atoms with Gasteiger partial charge < -0.3 is 10.5 Å². The number of nitrogens with two attached hydrogens (primary N) is 1. The number of fused-ring (bicyclic) bond motifs is 1. The van der Waals surface area contributed by atoms with Gasteiger partial charge in [0.2, 0.25) is 11.8 Å². The van der Waals surface area contributed by atoms with Gasteiger partial charge in [-0.2, -0.15) is 10.4 Å². The van der Waals surface area contributed by atoms with Crippen LogP contribution in [0.1, 0.15) is 62.4 Å². The maximum Gasteiger partial charge on any atom is 0.224 e. The lowest BCUT2D eigenvalue weighted by Gasteiger charge is -2.26. The Labute approximate surface area is 169 Å². The summed E-state index contributed by atoms with van der Waals surface area (Å²) in [6.45, 7) is 8.27. The van der Waals surface area contributed by atoms with Crippen molar-refractivity contribution in [1.82, 2.24) is 24.8 Å². The van der Waals surface area contributed by atoms with Crippen LogP contribution < -0.4 is 10.5 Å². The number of nitriles is 1. The van der Waals surface area contributed by atoms with Crippen LogP contribution in [0.3, 0.4) is 0 Å². The monoisotopic (exact) mass is 389 g/mol. The molecule has 0 aliphatic carbocycles. The second-order valence-corrected chi connectivity index (χ2v) is 7.66. The summed E-state index contributed by atoms with van der Waals surface area (Å²) in [5, 5.41) is 22.5. The normalized spacial score (nSPS) is 16.1. The number of allylic oxidation sites excluding steroid dienone is 1. The second kappa shape index (κ2) is 7.09. The number of nitrogens with zero attached hydrogens (tertiary/aromatic N) is 6. The molecule has 4 rings (SSSR count). The zero-order valence-electron chi connectivity index (χ0n) is 16.9. The largest absolute Gasteiger partial charge is 0.422 e. The fourth-order valence-electron chi connectivity index (χ4n) is 3.66. The molecule has 3 aromatic rings. The molecule has 0 amide bonds. The molecular weight excluding hydrogens is 366 g/mol. The van der Waals surface area contributed by atoms with Gasteiger partial charge in [-0.05, 0) is 37.5 Å². The smallest absolute Gasteiger partial charge is 0.224 e. The minimum Gasteiger partial charge on any atom is -0.422 e. The van der Waals surface area contributed by atoms with Crippen LogP contribution in [0.2, 0.25) is 0 Å². The summed E-state index contributed by atoms with van der Waals surface area (Å²) >= 11 is 0. The Hall–Kier alpha value is -3.60. The lowest BCUT2D eigenvalue weighted by Crippen LogP contribution is -2.23. The highest BCUT2D eigenvalue weighted by Crippen LogP contribution is 2.46. The Balaban J connectivity index is 1.90. The first kappa shape index (κ1) is 18.7. The summed E-state index contributed by atoms with van der Waals surface area (Å²) in [7, 11) is 0. The highest BCUT2D eigenvalue weighted by Gasteiger charge is 2.37. The molecule has 1 unspecified atom stereocenters. The van der Waals surface area contributed by atoms with E-state index >= 15 is 0 Å². The van der Waals surface area contributed by atoms with Gasteiger partial charge >= 0.3 is 0 Å². The Morgan fingerprint density at radius 1 is 1.17 bits per heavy atom. The lowest BCUT2D eigenvalue weighted by molar-refractivity contribution is 0.334. The van der Waals surface area contributed by atoms with Crippen molar-refractivity contribution in [3.05, 3.63) is 64.9 Å². The van der Waals surface area contributed by atoms with Crippen LogP contribution in [0.25, 0.3) is 5.69 Å². The molecule has 0 spiro atoms. The van der Waals surface area contributed by atoms with E-state index in [0.717, 1.165) is 22.5 Å². The van der Waals surface area contributed by atoms with Gasteiger partial charge in [-0.1, -0.05) is 31.2 Å². The van der Waals surface area contributed by atoms with E-state index in [2.05, 4.69) is 30.2 Å². The number of hydrogen-bond acceptors (Lipinski definition) is 6. The van der Waals surface area contributed by atoms with Gasteiger partial charge in [0.25, 0.3) is 0 Å². The van der Waals surface area contributed by atoms with Crippen molar-refractivity contribution in [2.45, 2.75) is 45.6 Å². The molecule has 0 saturated heterocycles. The van der Waals surface area contributed by atoms with Crippen molar-refractivity contribution >= 4 is 0 Å². The van der Waals surface area contributed by atoms with Crippen molar-refractivity contribution in [3.63, 3.8) is 0 Å². The van der Waals surface area contributed by atoms with Crippen molar-refractivity contribution in [1.29, 1.82) is 5.26 Å². The first-order valence-corrected chi connectivity index (χ1v) is 9.58. The predicted octanol–water partition coefficient (Wildman–Crippen LogP) is 3.39. The average Bonchev–Trinajstić information content (AvgIpc) is 3.35. The van der Waals surface area contributed by atoms with Crippen LogP contribution >= 0.6 is 0 Å². The number of rotatable bonds is 4. The van der Waals surface area contributed by atoms with Crippen LogP contribution in [0.4, 0.5) is 0 Å². The maximum atomic E-state index is 9.85. The summed E-state index contributed by atoms with van der Waals surface area (Å²) in [6.07, 6.45) is 3.41. The van der Waals surface area contributed by atoms with Gasteiger partial charge in [-0.15, -0.1) is 5.10 Å². The Morgan fingerprint density at radius 3 is 2.45 bits per heavy atom. The Kier molecular flexibility index (Phi) is 4.59. The number of benzene rings is 1. The first-order chi connectivity index (χ1) is 13.9. The third-order valence-corrected chi connectivity index (χ3v) is 5.05. The highest BCUT2D eigenvalue weighted by atomic mass is 16.5. The third-order valence-electron chi connectivity index (χ3n) is 5.05. The summed E-state index contributed by atoms with van der Waals surface area (Å²) in [5.41, 5.74) is 10.2. The highest BCUT2D eigenvalue weighted by molar-refractivity contribution is 5.56. The van der Waals surface area contributed by atoms with E-state index in [1.807, 2.05) is 42.8 Å². The van der Waals surface area contributed by atoms with Crippen molar-refractivity contribution in [2.24, 2.45) is 5.73 Å². The molecule has 1 atom stereocenters. The molecule has 0 fully saturated rings. The van der Waals surface area contributed by atoms with Gasteiger partial charge in [-0.25, -0.2) is 9.36 Å². The first-order valence-electron chi connectivity index (χ1n) is 9.58. The van der Waals surface area contributed by atoms with E-state index in [9.17, 15) is 5.26 Å². The van der Waals surface area contributed by atoms with Gasteiger partial charge in [-0.3, -0.25) is 0 Å². The van der Waals surface area contributed by atoms with Crippen LogP contribution in [0, 0.1) is 11.3 Å². The predicted molar refractivity (Wildman–Crippen MR) is 107 cm³/mol. The molecule has 29 heavy (non-hydrogen) atoms. The number of aromatic nitrogens is 5. The van der Waals surface area contributed by atoms with Crippen molar-refractivity contribution < 1.29 is 4.74 Å². The van der Waals surface area contributed by atoms with Crippen LogP contribution in [-0.4, -0.2) is 24.8 Å². The zero-order valence-corrected chi connectivity index (χ0v) is 16.9. The minimum atomic E-state index is -0.335. The maximum absolute atomic E-state index is 9.85. The standard InChI is InChI=1S/C21H23N7O/c1-12(2)19-18-17(14-5-7-15(8-6-14)27-10-9-24-26-27)16(11-22)20(23)29-21(18)28(25-19)13(3)4/h5-10,12-13,17H,23H2,1-4H3. The molecule has 3 heterocycles. The molecule has 2 N–H and O–H groups in total. The van der Waals surface area contributed by atoms with E-state index in [0.29, 0.717) is 11.5 Å². The average molecular weight is 389 g/mol. The summed E-state index contributed by atoms with van der Waals surface area (Å²) in [4.78, 5) is 0. The topological polar surface area (TPSA) is 108 Å². The molecule has 8 heteroatoms. The van der Waals surface area contributed by atoms with Gasteiger partial charge in [0.1, 0.15) is 11.6 Å². The lowest BCUT2D eigenvalue weighted by atomic mass is 9.82. The zero-order chi connectivity index (χ0) is 20.7. The van der Waals surface area contributed by atoms with Crippen molar-refractivity contribution in [3.8, 4) is 17.6 Å². The van der Waals surface area contributed by atoms with E-state index in [1.54, 1.807) is 17.1 Å². The van der Waals surface area contributed by atoms with Crippen LogP contribution in [0.5, 0.6) is 5.88 Å². The molecule has 148 valence electrons. The van der Waals surface area contributed by atoms with Crippen LogP contribution in [0.15, 0.2) is 48.1 Å². The van der Waals surface area contributed by atoms with Crippen molar-refractivity contribution in [2.75, 3.05) is 0 Å². The fraction of sp³-hybridized carbons (Fsp3) is 0.333. The van der Waals surface area contributed by atoms with Crippen LogP contribution in [-0.2, 0) is 0 Å². The number of hydrogen-bond donors (Lipinski definition) is 1. The summed E-state index contributed by atoms with van der Waals surface area (Å²) in [6, 6.07) is 10.2. The molecule has 0 bridgehead atoms. The van der Waals surface area contributed by atoms with E-state index in [1.165, 1.54) is 0 Å². The molecule has 2 aromatic heterocycles.